The zero-order valence-corrected chi connectivity index (χ0v) is 13.9. The van der Waals surface area contributed by atoms with Crippen molar-refractivity contribution in [1.82, 2.24) is 4.47 Å². The minimum Gasteiger partial charge on any atom is -0.284 e. The lowest BCUT2D eigenvalue weighted by molar-refractivity contribution is -0.137. The third kappa shape index (κ3) is 4.02. The molecule has 4 nitrogen and oxygen atoms in total. The van der Waals surface area contributed by atoms with Crippen LogP contribution in [0.5, 0.6) is 0 Å². The smallest absolute Gasteiger partial charge is 0.284 e. The summed E-state index contributed by atoms with van der Waals surface area (Å²) in [7, 11) is -3.83. The summed E-state index contributed by atoms with van der Waals surface area (Å²) in [4.78, 5) is 5.30. The van der Waals surface area contributed by atoms with Gasteiger partial charge < -0.3 is 0 Å². The lowest BCUT2D eigenvalue weighted by atomic mass is 10.1. The first-order chi connectivity index (χ1) is 11.8. The molecule has 134 valence electrons. The average molecular weight is 371 g/mol. The van der Waals surface area contributed by atoms with Crippen LogP contribution in [0.4, 0.5) is 13.2 Å². The largest absolute Gasteiger partial charge is 0.416 e. The SMILES string of the molecule is O=S(=O)(Cc1ccc(C(F)(F)F)cc1)N1OCC[C@H]1c1ccccc1. The predicted octanol–water partition coefficient (Wildman–Crippen LogP) is 3.91. The molecule has 0 aliphatic carbocycles. The third-order valence-electron chi connectivity index (χ3n) is 3.95. The second-order valence-corrected chi connectivity index (χ2v) is 7.57. The van der Waals surface area contributed by atoms with Gasteiger partial charge in [0.2, 0.25) is 10.0 Å². The number of hydrogen-bond acceptors (Lipinski definition) is 3. The molecule has 8 heteroatoms. The van der Waals surface area contributed by atoms with Crippen LogP contribution in [0.25, 0.3) is 0 Å². The van der Waals surface area contributed by atoms with Crippen LogP contribution < -0.4 is 0 Å². The van der Waals surface area contributed by atoms with E-state index in [1.165, 1.54) is 12.1 Å². The van der Waals surface area contributed by atoms with Gasteiger partial charge in [0.15, 0.2) is 0 Å². The molecule has 2 aromatic rings. The van der Waals surface area contributed by atoms with E-state index >= 15 is 0 Å². The first-order valence-corrected chi connectivity index (χ1v) is 9.24. The lowest BCUT2D eigenvalue weighted by Gasteiger charge is -2.22. The Morgan fingerprint density at radius 3 is 2.28 bits per heavy atom. The Morgan fingerprint density at radius 2 is 1.68 bits per heavy atom. The molecule has 0 radical (unpaired) electrons. The summed E-state index contributed by atoms with van der Waals surface area (Å²) in [5.74, 6) is -0.422. The molecule has 0 saturated carbocycles. The molecule has 1 atom stereocenters. The minimum absolute atomic E-state index is 0.270. The molecule has 1 fully saturated rings. The van der Waals surface area contributed by atoms with E-state index in [1.54, 1.807) is 0 Å². The Balaban J connectivity index is 1.79. The van der Waals surface area contributed by atoms with Crippen molar-refractivity contribution in [3.63, 3.8) is 0 Å². The van der Waals surface area contributed by atoms with Crippen LogP contribution in [0.3, 0.4) is 0 Å². The van der Waals surface area contributed by atoms with Crippen LogP contribution in [0, 0.1) is 0 Å². The summed E-state index contributed by atoms with van der Waals surface area (Å²) in [6.45, 7) is 0.270. The number of hydrogen-bond donors (Lipinski definition) is 0. The highest BCUT2D eigenvalue weighted by Crippen LogP contribution is 2.34. The highest BCUT2D eigenvalue weighted by molar-refractivity contribution is 7.88. The summed E-state index contributed by atoms with van der Waals surface area (Å²) in [5.41, 5.74) is 0.277. The topological polar surface area (TPSA) is 46.6 Å². The van der Waals surface area contributed by atoms with Crippen LogP contribution >= 0.6 is 0 Å². The molecule has 0 bridgehead atoms. The van der Waals surface area contributed by atoms with E-state index in [1.807, 2.05) is 30.3 Å². The van der Waals surface area contributed by atoms with E-state index in [0.717, 1.165) is 22.2 Å². The molecule has 1 heterocycles. The number of benzene rings is 2. The van der Waals surface area contributed by atoms with E-state index < -0.39 is 33.6 Å². The molecule has 0 N–H and O–H groups in total. The summed E-state index contributed by atoms with van der Waals surface area (Å²) in [6, 6.07) is 12.8. The molecule has 0 aromatic heterocycles. The molecule has 0 spiro atoms. The van der Waals surface area contributed by atoms with Gasteiger partial charge in [0.25, 0.3) is 0 Å². The average Bonchev–Trinajstić information content (AvgIpc) is 3.05. The summed E-state index contributed by atoms with van der Waals surface area (Å²) < 4.78 is 64.1. The van der Waals surface area contributed by atoms with Crippen LogP contribution in [-0.4, -0.2) is 19.5 Å². The van der Waals surface area contributed by atoms with Gasteiger partial charge in [-0.25, -0.2) is 8.42 Å². The van der Waals surface area contributed by atoms with Crippen LogP contribution in [0.15, 0.2) is 54.6 Å². The Labute approximate surface area is 143 Å². The van der Waals surface area contributed by atoms with Crippen molar-refractivity contribution in [3.05, 3.63) is 71.3 Å². The van der Waals surface area contributed by atoms with E-state index in [2.05, 4.69) is 0 Å². The van der Waals surface area contributed by atoms with Crippen molar-refractivity contribution in [2.75, 3.05) is 6.61 Å². The fourth-order valence-corrected chi connectivity index (χ4v) is 4.34. The van der Waals surface area contributed by atoms with Crippen molar-refractivity contribution < 1.29 is 26.4 Å². The van der Waals surface area contributed by atoms with E-state index in [-0.39, 0.29) is 12.2 Å². The summed E-state index contributed by atoms with van der Waals surface area (Å²) in [6.07, 6.45) is -3.93. The second kappa shape index (κ2) is 6.78. The van der Waals surface area contributed by atoms with Crippen LogP contribution in [-0.2, 0) is 26.8 Å². The predicted molar refractivity (Wildman–Crippen MR) is 85.7 cm³/mol. The summed E-state index contributed by atoms with van der Waals surface area (Å²) in [5, 5.41) is 0. The Morgan fingerprint density at radius 1 is 1.04 bits per heavy atom. The zero-order chi connectivity index (χ0) is 18.1. The fraction of sp³-hybridized carbons (Fsp3) is 0.294. The van der Waals surface area contributed by atoms with Gasteiger partial charge in [0, 0.05) is 0 Å². The number of halogens is 3. The lowest BCUT2D eigenvalue weighted by Crippen LogP contribution is -2.30. The number of hydroxylamine groups is 1. The van der Waals surface area contributed by atoms with E-state index in [9.17, 15) is 21.6 Å². The van der Waals surface area contributed by atoms with Gasteiger partial charge in [0.1, 0.15) is 0 Å². The van der Waals surface area contributed by atoms with Gasteiger partial charge in [-0.15, -0.1) is 0 Å². The molecule has 1 aliphatic rings. The molecule has 1 aliphatic heterocycles. The summed E-state index contributed by atoms with van der Waals surface area (Å²) >= 11 is 0. The number of rotatable bonds is 4. The van der Waals surface area contributed by atoms with Gasteiger partial charge in [-0.2, -0.15) is 13.2 Å². The number of sulfonamides is 1. The molecule has 0 amide bonds. The molecule has 3 rings (SSSR count). The molecular formula is C17H16F3NO3S. The maximum Gasteiger partial charge on any atom is 0.416 e. The highest BCUT2D eigenvalue weighted by atomic mass is 32.2. The molecule has 0 unspecified atom stereocenters. The molecular weight excluding hydrogens is 355 g/mol. The first-order valence-electron chi connectivity index (χ1n) is 7.63. The quantitative estimate of drug-likeness (QED) is 0.819. The maximum atomic E-state index is 12.6. The van der Waals surface area contributed by atoms with Gasteiger partial charge in [0.05, 0.1) is 24.0 Å². The van der Waals surface area contributed by atoms with Crippen molar-refractivity contribution >= 4 is 10.0 Å². The van der Waals surface area contributed by atoms with Crippen molar-refractivity contribution in [2.45, 2.75) is 24.4 Å². The minimum atomic E-state index is -4.45. The third-order valence-corrected chi connectivity index (χ3v) is 5.56. The van der Waals surface area contributed by atoms with Crippen LogP contribution in [0.2, 0.25) is 0 Å². The van der Waals surface area contributed by atoms with Gasteiger partial charge in [-0.3, -0.25) is 4.84 Å². The van der Waals surface area contributed by atoms with Crippen molar-refractivity contribution in [2.24, 2.45) is 0 Å². The maximum absolute atomic E-state index is 12.6. The van der Waals surface area contributed by atoms with Crippen LogP contribution in [0.1, 0.15) is 29.2 Å². The number of nitrogens with zero attached hydrogens (tertiary/aromatic N) is 1. The zero-order valence-electron chi connectivity index (χ0n) is 13.1. The number of alkyl halides is 3. The monoisotopic (exact) mass is 371 g/mol. The first kappa shape index (κ1) is 17.9. The van der Waals surface area contributed by atoms with Gasteiger partial charge in [-0.1, -0.05) is 46.9 Å². The Bertz CT molecular complexity index is 820. The van der Waals surface area contributed by atoms with Crippen molar-refractivity contribution in [1.29, 1.82) is 0 Å². The van der Waals surface area contributed by atoms with Gasteiger partial charge >= 0.3 is 6.18 Å². The molecule has 2 aromatic carbocycles. The van der Waals surface area contributed by atoms with E-state index in [0.29, 0.717) is 6.42 Å². The Kier molecular flexibility index (Phi) is 4.86. The Hall–Kier alpha value is -1.90. The standard InChI is InChI=1S/C17H16F3NO3S/c18-17(19,20)15-8-6-13(7-9-15)12-25(22,23)21-16(10-11-24-21)14-4-2-1-3-5-14/h1-9,16H,10-12H2/t16-/m0/s1. The van der Waals surface area contributed by atoms with Gasteiger partial charge in [-0.05, 0) is 29.7 Å². The molecule has 25 heavy (non-hydrogen) atoms. The fourth-order valence-electron chi connectivity index (χ4n) is 2.75. The van der Waals surface area contributed by atoms with Crippen molar-refractivity contribution in [3.8, 4) is 0 Å². The highest BCUT2D eigenvalue weighted by Gasteiger charge is 2.37. The van der Waals surface area contributed by atoms with E-state index in [4.69, 9.17) is 4.84 Å². The second-order valence-electron chi connectivity index (χ2n) is 5.75. The normalized spacial score (nSPS) is 19.2. The molecule has 1 saturated heterocycles.